The van der Waals surface area contributed by atoms with Crippen LogP contribution in [0.15, 0.2) is 16.7 Å². The standard InChI is InChI=1S/C13H20BrN3O/c1-9(2)17-8-11(14)5-12(17)13(18)16-4-3-10(6-15)7-16/h5,8-10H,3-4,6-7,15H2,1-2H3. The first-order valence-corrected chi connectivity index (χ1v) is 7.19. The van der Waals surface area contributed by atoms with E-state index in [1.807, 2.05) is 21.7 Å². The fourth-order valence-corrected chi connectivity index (χ4v) is 2.85. The van der Waals surface area contributed by atoms with Crippen LogP contribution in [0.2, 0.25) is 0 Å². The first-order valence-electron chi connectivity index (χ1n) is 6.39. The van der Waals surface area contributed by atoms with Crippen LogP contribution in [-0.2, 0) is 0 Å². The van der Waals surface area contributed by atoms with Crippen LogP contribution < -0.4 is 5.73 Å². The maximum Gasteiger partial charge on any atom is 0.270 e. The van der Waals surface area contributed by atoms with Gasteiger partial charge in [0.05, 0.1) is 0 Å². The summed E-state index contributed by atoms with van der Waals surface area (Å²) in [6.07, 6.45) is 2.99. The number of aromatic nitrogens is 1. The van der Waals surface area contributed by atoms with E-state index in [9.17, 15) is 4.79 Å². The lowest BCUT2D eigenvalue weighted by Gasteiger charge is -2.19. The lowest BCUT2D eigenvalue weighted by molar-refractivity contribution is 0.0775. The number of hydrogen-bond donors (Lipinski definition) is 1. The van der Waals surface area contributed by atoms with Crippen LogP contribution in [0.25, 0.3) is 0 Å². The molecule has 5 heteroatoms. The Bertz CT molecular complexity index is 441. The van der Waals surface area contributed by atoms with Gasteiger partial charge in [-0.05, 0) is 54.7 Å². The highest BCUT2D eigenvalue weighted by atomic mass is 79.9. The Balaban J connectivity index is 2.19. The van der Waals surface area contributed by atoms with Gasteiger partial charge in [0.25, 0.3) is 5.91 Å². The molecule has 100 valence electrons. The van der Waals surface area contributed by atoms with E-state index in [0.29, 0.717) is 12.5 Å². The summed E-state index contributed by atoms with van der Waals surface area (Å²) in [7, 11) is 0. The molecule has 4 nitrogen and oxygen atoms in total. The molecule has 0 spiro atoms. The summed E-state index contributed by atoms with van der Waals surface area (Å²) >= 11 is 3.44. The van der Waals surface area contributed by atoms with Crippen molar-refractivity contribution in [2.45, 2.75) is 26.3 Å². The molecule has 0 bridgehead atoms. The van der Waals surface area contributed by atoms with Gasteiger partial charge >= 0.3 is 0 Å². The zero-order valence-electron chi connectivity index (χ0n) is 10.9. The fraction of sp³-hybridized carbons (Fsp3) is 0.615. The molecule has 0 saturated carbocycles. The maximum absolute atomic E-state index is 12.5. The van der Waals surface area contributed by atoms with Gasteiger partial charge in [0.2, 0.25) is 0 Å². The minimum absolute atomic E-state index is 0.116. The number of nitrogens with zero attached hydrogens (tertiary/aromatic N) is 2. The van der Waals surface area contributed by atoms with E-state index in [1.165, 1.54) is 0 Å². The van der Waals surface area contributed by atoms with Gasteiger partial charge < -0.3 is 15.2 Å². The van der Waals surface area contributed by atoms with Crippen LogP contribution in [0.4, 0.5) is 0 Å². The number of nitrogens with two attached hydrogens (primary N) is 1. The van der Waals surface area contributed by atoms with E-state index in [2.05, 4.69) is 29.8 Å². The molecule has 1 fully saturated rings. The van der Waals surface area contributed by atoms with Crippen molar-refractivity contribution in [3.8, 4) is 0 Å². The highest BCUT2D eigenvalue weighted by Crippen LogP contribution is 2.23. The van der Waals surface area contributed by atoms with Crippen molar-refractivity contribution in [2.75, 3.05) is 19.6 Å². The third-order valence-electron chi connectivity index (χ3n) is 3.50. The quantitative estimate of drug-likeness (QED) is 0.930. The van der Waals surface area contributed by atoms with E-state index >= 15 is 0 Å². The van der Waals surface area contributed by atoms with Crippen LogP contribution in [-0.4, -0.2) is 35.0 Å². The van der Waals surface area contributed by atoms with E-state index < -0.39 is 0 Å². The molecule has 0 aromatic carbocycles. The molecule has 0 radical (unpaired) electrons. The average molecular weight is 314 g/mol. The van der Waals surface area contributed by atoms with Gasteiger partial charge in [-0.2, -0.15) is 0 Å². The minimum atomic E-state index is 0.116. The van der Waals surface area contributed by atoms with E-state index in [-0.39, 0.29) is 11.9 Å². The first kappa shape index (κ1) is 13.6. The molecule has 1 aliphatic rings. The monoisotopic (exact) mass is 313 g/mol. The van der Waals surface area contributed by atoms with Crippen LogP contribution in [0.5, 0.6) is 0 Å². The van der Waals surface area contributed by atoms with Crippen LogP contribution in [0.1, 0.15) is 36.8 Å². The molecular formula is C13H20BrN3O. The number of rotatable bonds is 3. The van der Waals surface area contributed by atoms with Crippen molar-refractivity contribution in [3.63, 3.8) is 0 Å². The first-order chi connectivity index (χ1) is 8.52. The maximum atomic E-state index is 12.5. The summed E-state index contributed by atoms with van der Waals surface area (Å²) in [5, 5.41) is 0. The lowest BCUT2D eigenvalue weighted by Crippen LogP contribution is -2.31. The summed E-state index contributed by atoms with van der Waals surface area (Å²) in [5.41, 5.74) is 6.43. The molecule has 0 aliphatic carbocycles. The molecule has 1 atom stereocenters. The van der Waals surface area contributed by atoms with E-state index in [4.69, 9.17) is 5.73 Å². The van der Waals surface area contributed by atoms with Gasteiger partial charge in [0.15, 0.2) is 0 Å². The molecule has 1 aliphatic heterocycles. The second-order valence-electron chi connectivity index (χ2n) is 5.19. The molecule has 18 heavy (non-hydrogen) atoms. The Morgan fingerprint density at radius 1 is 1.61 bits per heavy atom. The zero-order valence-corrected chi connectivity index (χ0v) is 12.5. The predicted octanol–water partition coefficient (Wildman–Crippen LogP) is 2.25. The normalized spacial score (nSPS) is 19.8. The number of likely N-dealkylation sites (tertiary alicyclic amines) is 1. The number of carbonyl (C=O) groups excluding carboxylic acids is 1. The number of hydrogen-bond acceptors (Lipinski definition) is 2. The molecule has 1 saturated heterocycles. The Hall–Kier alpha value is -0.810. The van der Waals surface area contributed by atoms with Crippen molar-refractivity contribution in [1.82, 2.24) is 9.47 Å². The Labute approximate surface area is 116 Å². The second-order valence-corrected chi connectivity index (χ2v) is 6.10. The number of amides is 1. The fourth-order valence-electron chi connectivity index (χ4n) is 2.42. The van der Waals surface area contributed by atoms with Crippen LogP contribution >= 0.6 is 15.9 Å². The molecular weight excluding hydrogens is 294 g/mol. The summed E-state index contributed by atoms with van der Waals surface area (Å²) in [4.78, 5) is 14.4. The zero-order chi connectivity index (χ0) is 13.3. The molecule has 2 N–H and O–H groups in total. The van der Waals surface area contributed by atoms with E-state index in [0.717, 1.165) is 29.7 Å². The Kier molecular flexibility index (Phi) is 4.12. The van der Waals surface area contributed by atoms with E-state index in [1.54, 1.807) is 0 Å². The molecule has 1 unspecified atom stereocenters. The second kappa shape index (κ2) is 5.45. The predicted molar refractivity (Wildman–Crippen MR) is 75.6 cm³/mol. The lowest BCUT2D eigenvalue weighted by atomic mass is 10.1. The topological polar surface area (TPSA) is 51.3 Å². The number of halogens is 1. The van der Waals surface area contributed by atoms with Crippen molar-refractivity contribution < 1.29 is 4.79 Å². The van der Waals surface area contributed by atoms with Crippen molar-refractivity contribution >= 4 is 21.8 Å². The summed E-state index contributed by atoms with van der Waals surface area (Å²) in [6.45, 7) is 6.43. The third-order valence-corrected chi connectivity index (χ3v) is 3.93. The highest BCUT2D eigenvalue weighted by Gasteiger charge is 2.28. The molecule has 1 amide bonds. The van der Waals surface area contributed by atoms with Gasteiger partial charge in [0, 0.05) is 29.8 Å². The van der Waals surface area contributed by atoms with Crippen LogP contribution in [0, 0.1) is 5.92 Å². The molecule has 1 aromatic rings. The summed E-state index contributed by atoms with van der Waals surface area (Å²) in [6, 6.07) is 2.18. The molecule has 1 aromatic heterocycles. The SMILES string of the molecule is CC(C)n1cc(Br)cc1C(=O)N1CCC(CN)C1. The Morgan fingerprint density at radius 2 is 2.33 bits per heavy atom. The van der Waals surface area contributed by atoms with Gasteiger partial charge in [-0.25, -0.2) is 0 Å². The van der Waals surface area contributed by atoms with Crippen molar-refractivity contribution in [1.29, 1.82) is 0 Å². The van der Waals surface area contributed by atoms with Gasteiger partial charge in [-0.3, -0.25) is 4.79 Å². The summed E-state index contributed by atoms with van der Waals surface area (Å²) < 4.78 is 2.97. The smallest absolute Gasteiger partial charge is 0.270 e. The van der Waals surface area contributed by atoms with Gasteiger partial charge in [-0.15, -0.1) is 0 Å². The van der Waals surface area contributed by atoms with Crippen molar-refractivity contribution in [2.24, 2.45) is 11.7 Å². The van der Waals surface area contributed by atoms with Gasteiger partial charge in [-0.1, -0.05) is 0 Å². The minimum Gasteiger partial charge on any atom is -0.340 e. The highest BCUT2D eigenvalue weighted by molar-refractivity contribution is 9.10. The van der Waals surface area contributed by atoms with Crippen molar-refractivity contribution in [3.05, 3.63) is 22.4 Å². The molecule has 2 rings (SSSR count). The van der Waals surface area contributed by atoms with Crippen LogP contribution in [0.3, 0.4) is 0 Å². The largest absolute Gasteiger partial charge is 0.340 e. The molecule has 2 heterocycles. The average Bonchev–Trinajstić information content (AvgIpc) is 2.94. The summed E-state index contributed by atoms with van der Waals surface area (Å²) in [5.74, 6) is 0.574. The Morgan fingerprint density at radius 3 is 2.89 bits per heavy atom. The van der Waals surface area contributed by atoms with Gasteiger partial charge in [0.1, 0.15) is 5.69 Å². The number of carbonyl (C=O) groups is 1. The third kappa shape index (κ3) is 2.62.